The minimum absolute atomic E-state index is 0.294. The van der Waals surface area contributed by atoms with Gasteiger partial charge in [-0.2, -0.15) is 5.10 Å². The van der Waals surface area contributed by atoms with E-state index in [9.17, 15) is 5.11 Å². The first-order valence-corrected chi connectivity index (χ1v) is 7.21. The number of nitrogens with one attached hydrogen (secondary N) is 2. The van der Waals surface area contributed by atoms with E-state index in [2.05, 4.69) is 21.6 Å². The average molecular weight is 302 g/mol. The zero-order valence-electron chi connectivity index (χ0n) is 11.4. The van der Waals surface area contributed by atoms with Crippen molar-refractivity contribution in [3.63, 3.8) is 0 Å². The van der Waals surface area contributed by atoms with Crippen LogP contribution >= 0.6 is 11.6 Å². The number of hydrogen-bond acceptors (Lipinski definition) is 3. The van der Waals surface area contributed by atoms with E-state index in [1.807, 2.05) is 18.2 Å². The summed E-state index contributed by atoms with van der Waals surface area (Å²) in [6.45, 7) is 0.738. The van der Waals surface area contributed by atoms with Gasteiger partial charge in [0.25, 0.3) is 0 Å². The van der Waals surface area contributed by atoms with Crippen molar-refractivity contribution in [1.29, 1.82) is 0 Å². The first-order chi connectivity index (χ1) is 10.2. The fourth-order valence-electron chi connectivity index (χ4n) is 2.33. The Morgan fingerprint density at radius 3 is 2.76 bits per heavy atom. The Kier molecular flexibility index (Phi) is 3.97. The van der Waals surface area contributed by atoms with Crippen LogP contribution in [0.5, 0.6) is 5.75 Å². The van der Waals surface area contributed by atoms with E-state index in [4.69, 9.17) is 11.6 Å². The Labute approximate surface area is 128 Å². The summed E-state index contributed by atoms with van der Waals surface area (Å²) in [6, 6.07) is 9.19. The lowest BCUT2D eigenvalue weighted by atomic mass is 10.0. The summed E-state index contributed by atoms with van der Waals surface area (Å²) in [7, 11) is 0. The van der Waals surface area contributed by atoms with Crippen molar-refractivity contribution < 1.29 is 5.11 Å². The Morgan fingerprint density at radius 1 is 1.24 bits per heavy atom. The number of halogens is 1. The van der Waals surface area contributed by atoms with E-state index in [0.29, 0.717) is 10.8 Å². The predicted molar refractivity (Wildman–Crippen MR) is 85.6 cm³/mol. The number of H-pyrrole nitrogens is 1. The first-order valence-electron chi connectivity index (χ1n) is 6.83. The Balaban J connectivity index is 1.67. The molecule has 0 bridgehead atoms. The molecule has 108 valence electrons. The third kappa shape index (κ3) is 3.47. The highest BCUT2D eigenvalue weighted by Crippen LogP contribution is 2.18. The highest BCUT2D eigenvalue weighted by molar-refractivity contribution is 6.30. The Bertz CT molecular complexity index is 686. The smallest absolute Gasteiger partial charge is 0.115 e. The molecule has 0 unspecified atom stereocenters. The minimum atomic E-state index is 0.294. The van der Waals surface area contributed by atoms with E-state index < -0.39 is 0 Å². The lowest BCUT2D eigenvalue weighted by Gasteiger charge is -2.03. The van der Waals surface area contributed by atoms with Gasteiger partial charge in [-0.25, -0.2) is 0 Å². The van der Waals surface area contributed by atoms with Crippen molar-refractivity contribution in [2.75, 3.05) is 6.54 Å². The zero-order valence-corrected chi connectivity index (χ0v) is 12.2. The second-order valence-electron chi connectivity index (χ2n) is 5.00. The number of aromatic nitrogens is 1. The summed E-state index contributed by atoms with van der Waals surface area (Å²) in [5.74, 6) is 0.294. The molecule has 0 fully saturated rings. The zero-order chi connectivity index (χ0) is 14.7. The lowest BCUT2D eigenvalue weighted by Crippen LogP contribution is -2.04. The SMILES string of the molecule is Oc1ccc(CCC2=NNCC2=Cc2cc(Cl)c[nH]2)cc1. The number of phenols is 1. The molecule has 0 saturated heterocycles. The third-order valence-corrected chi connectivity index (χ3v) is 3.66. The molecule has 1 aromatic heterocycles. The summed E-state index contributed by atoms with van der Waals surface area (Å²) in [4.78, 5) is 3.11. The van der Waals surface area contributed by atoms with Crippen LogP contribution in [0, 0.1) is 0 Å². The fraction of sp³-hybridized carbons (Fsp3) is 0.188. The molecule has 0 spiro atoms. The molecule has 0 saturated carbocycles. The molecule has 2 aromatic rings. The lowest BCUT2D eigenvalue weighted by molar-refractivity contribution is 0.475. The predicted octanol–water partition coefficient (Wildman–Crippen LogP) is 3.35. The number of nitrogens with zero attached hydrogens (tertiary/aromatic N) is 1. The molecule has 21 heavy (non-hydrogen) atoms. The van der Waals surface area contributed by atoms with Gasteiger partial charge in [0.2, 0.25) is 0 Å². The number of rotatable bonds is 4. The van der Waals surface area contributed by atoms with Crippen molar-refractivity contribution >= 4 is 23.4 Å². The van der Waals surface area contributed by atoms with Gasteiger partial charge in [-0.1, -0.05) is 23.7 Å². The van der Waals surface area contributed by atoms with Gasteiger partial charge < -0.3 is 15.5 Å². The van der Waals surface area contributed by atoms with E-state index in [1.54, 1.807) is 18.3 Å². The maximum atomic E-state index is 9.29. The van der Waals surface area contributed by atoms with Crippen LogP contribution in [0.4, 0.5) is 0 Å². The van der Waals surface area contributed by atoms with Crippen molar-refractivity contribution in [2.24, 2.45) is 5.10 Å². The van der Waals surface area contributed by atoms with Crippen LogP contribution in [0.1, 0.15) is 17.7 Å². The van der Waals surface area contributed by atoms with E-state index in [1.165, 1.54) is 11.1 Å². The summed E-state index contributed by atoms with van der Waals surface area (Å²) < 4.78 is 0. The van der Waals surface area contributed by atoms with Gasteiger partial charge in [-0.3, -0.25) is 0 Å². The number of hydrazone groups is 1. The van der Waals surface area contributed by atoms with Gasteiger partial charge in [0.05, 0.1) is 17.3 Å². The molecule has 0 amide bonds. The summed E-state index contributed by atoms with van der Waals surface area (Å²) in [6.07, 6.45) is 5.59. The van der Waals surface area contributed by atoms with Crippen molar-refractivity contribution in [2.45, 2.75) is 12.8 Å². The number of aromatic hydroxyl groups is 1. The normalized spacial score (nSPS) is 16.0. The molecule has 1 aromatic carbocycles. The molecule has 1 aliphatic rings. The van der Waals surface area contributed by atoms with Gasteiger partial charge in [-0.15, -0.1) is 0 Å². The second kappa shape index (κ2) is 6.06. The van der Waals surface area contributed by atoms with Gasteiger partial charge in [-0.05, 0) is 48.3 Å². The third-order valence-electron chi connectivity index (χ3n) is 3.44. The molecule has 2 heterocycles. The second-order valence-corrected chi connectivity index (χ2v) is 5.44. The molecular formula is C16H16ClN3O. The van der Waals surface area contributed by atoms with Crippen molar-refractivity contribution in [3.8, 4) is 5.75 Å². The topological polar surface area (TPSA) is 60.4 Å². The van der Waals surface area contributed by atoms with Crippen LogP contribution in [0.15, 0.2) is 47.2 Å². The van der Waals surface area contributed by atoms with Gasteiger partial charge in [0.1, 0.15) is 5.75 Å². The average Bonchev–Trinajstić information content (AvgIpc) is 3.08. The summed E-state index contributed by atoms with van der Waals surface area (Å²) >= 11 is 5.91. The van der Waals surface area contributed by atoms with Crippen molar-refractivity contribution in [3.05, 3.63) is 58.4 Å². The van der Waals surface area contributed by atoms with E-state index >= 15 is 0 Å². The van der Waals surface area contributed by atoms with Crippen LogP contribution in [0.2, 0.25) is 5.02 Å². The largest absolute Gasteiger partial charge is 0.508 e. The number of aryl methyl sites for hydroxylation is 1. The van der Waals surface area contributed by atoms with Gasteiger partial charge >= 0.3 is 0 Å². The highest BCUT2D eigenvalue weighted by atomic mass is 35.5. The van der Waals surface area contributed by atoms with E-state index in [0.717, 1.165) is 30.8 Å². The van der Waals surface area contributed by atoms with Crippen molar-refractivity contribution in [1.82, 2.24) is 10.4 Å². The number of hydrogen-bond donors (Lipinski definition) is 3. The Hall–Kier alpha value is -2.20. The number of phenolic OH excluding ortho intramolecular Hbond substituents is 1. The Morgan fingerprint density at radius 2 is 2.05 bits per heavy atom. The molecule has 0 aliphatic carbocycles. The molecule has 4 nitrogen and oxygen atoms in total. The van der Waals surface area contributed by atoms with Gasteiger partial charge in [0.15, 0.2) is 0 Å². The van der Waals surface area contributed by atoms with Crippen LogP contribution in [0.3, 0.4) is 0 Å². The maximum absolute atomic E-state index is 9.29. The van der Waals surface area contributed by atoms with Gasteiger partial charge in [0, 0.05) is 11.9 Å². The van der Waals surface area contributed by atoms with Crippen LogP contribution in [-0.2, 0) is 6.42 Å². The molecule has 5 heteroatoms. The molecule has 3 N–H and O–H groups in total. The van der Waals surface area contributed by atoms with Crippen LogP contribution in [0.25, 0.3) is 6.08 Å². The quantitative estimate of drug-likeness (QED) is 0.811. The first kappa shape index (κ1) is 13.8. The molecule has 1 aliphatic heterocycles. The molecular weight excluding hydrogens is 286 g/mol. The number of benzene rings is 1. The summed E-state index contributed by atoms with van der Waals surface area (Å²) in [5, 5.41) is 14.3. The monoisotopic (exact) mass is 301 g/mol. The maximum Gasteiger partial charge on any atom is 0.115 e. The van der Waals surface area contributed by atoms with E-state index in [-0.39, 0.29) is 0 Å². The standard InChI is InChI=1S/C16H16ClN3O/c17-13-8-14(18-10-13)7-12-9-19-20-16(12)6-3-11-1-4-15(21)5-2-11/h1-2,4-5,7-8,10,18-19,21H,3,6,9H2. The molecule has 3 rings (SSSR count). The minimum Gasteiger partial charge on any atom is -0.508 e. The highest BCUT2D eigenvalue weighted by Gasteiger charge is 2.13. The van der Waals surface area contributed by atoms with Crippen LogP contribution < -0.4 is 5.43 Å². The fourth-order valence-corrected chi connectivity index (χ4v) is 2.50. The molecule has 0 atom stereocenters. The van der Waals surface area contributed by atoms with Crippen LogP contribution in [-0.4, -0.2) is 22.3 Å². The number of aromatic amines is 1. The summed E-state index contributed by atoms with van der Waals surface area (Å²) in [5.41, 5.74) is 7.43. The molecule has 0 radical (unpaired) electrons.